The summed E-state index contributed by atoms with van der Waals surface area (Å²) in [6.07, 6.45) is -70.6. The lowest BCUT2D eigenvalue weighted by Gasteiger charge is -2.53. The lowest BCUT2D eigenvalue weighted by molar-refractivity contribution is -0.414. The van der Waals surface area contributed by atoms with Crippen LogP contribution in [0.3, 0.4) is 0 Å². The molecular formula is C53H88N3O40-. The van der Waals surface area contributed by atoms with Gasteiger partial charge < -0.3 is 199 Å². The number of amides is 3. The second-order valence-corrected chi connectivity index (χ2v) is 23.9. The van der Waals surface area contributed by atoms with Crippen molar-refractivity contribution in [3.63, 3.8) is 0 Å². The maximum absolute atomic E-state index is 13.3. The Hall–Kier alpha value is -3.52. The topological polar surface area (TPSA) is 681 Å². The average Bonchev–Trinajstić information content (AvgIpc) is 0.762. The highest BCUT2D eigenvalue weighted by Crippen LogP contribution is 2.41. The summed E-state index contributed by atoms with van der Waals surface area (Å²) in [6.45, 7) is -4.97. The highest BCUT2D eigenvalue weighted by atomic mass is 16.8. The Balaban J connectivity index is 1.19. The molecule has 0 bridgehead atoms. The molecule has 7 fully saturated rings. The van der Waals surface area contributed by atoms with Crippen molar-refractivity contribution < 1.29 is 198 Å². The molecule has 556 valence electrons. The van der Waals surface area contributed by atoms with E-state index in [-0.39, 0.29) is 6.41 Å². The molecule has 96 heavy (non-hydrogen) atoms. The van der Waals surface area contributed by atoms with Gasteiger partial charge in [-0.1, -0.05) is 0 Å². The maximum atomic E-state index is 13.3. The van der Waals surface area contributed by atoms with Gasteiger partial charge in [0.15, 0.2) is 37.7 Å². The van der Waals surface area contributed by atoms with Gasteiger partial charge in [0, 0.05) is 20.3 Å². The quantitative estimate of drug-likeness (QED) is 0.0309. The number of carbonyl (C=O) groups is 4. The highest BCUT2D eigenvalue weighted by Gasteiger charge is 2.61. The van der Waals surface area contributed by atoms with Gasteiger partial charge in [-0.15, -0.1) is 0 Å². The van der Waals surface area contributed by atoms with E-state index in [9.17, 15) is 132 Å². The van der Waals surface area contributed by atoms with Gasteiger partial charge in [-0.3, -0.25) is 14.4 Å². The van der Waals surface area contributed by atoms with Crippen LogP contribution in [-0.2, 0) is 85.5 Å². The molecule has 43 heteroatoms. The number of carbonyl (C=O) groups excluding carboxylic acids is 4. The van der Waals surface area contributed by atoms with Gasteiger partial charge in [-0.2, -0.15) is 0 Å². The Morgan fingerprint density at radius 3 is 1.42 bits per heavy atom. The van der Waals surface area contributed by atoms with Crippen LogP contribution in [0.1, 0.15) is 27.2 Å². The molecule has 0 aromatic heterocycles. The summed E-state index contributed by atoms with van der Waals surface area (Å²) in [5.74, 6) is -7.70. The standard InChI is InChI=1S/C53H89N3O40/c1-14-27(69)32(74)34(76)48(84-14)92-42-26(56-16(3)66)46(88-24(11-63)40(42)91-51-38(80)45(31(73)22(9-61)87-51)96-53(52(81)82)4-18(67)25(55-15(2)65)41(95-53)28(70)19(68)6-58)93-43-29(71)20(7-59)86-50(36(43)78)94-44-30(72)21(8-60)85-49(37(44)79)90-39-23(10-62)89-47(35(77)33(39)75)83-12-17(5-57)54-13-64/h13-14,17-51,57-63,67-80H,4-12H2,1-3H3,(H,54,64)(H,55,65)(H,56,66)(H,81,82)/p-1/t14-,17+,18-,19+,20+,21+,22+,23+,24+,25+,26+,27+,28+,29-,30-,31-,32+,33+,34-,35+,36+,37+,38+,39+,40+,41+,42+,43-,44-,45-,46-,47+,48-,49-,50+,51-,53-/m0/s1. The number of nitrogens with one attached hydrogen (secondary N) is 3. The molecule has 0 aliphatic carbocycles. The summed E-state index contributed by atoms with van der Waals surface area (Å²) < 4.78 is 81.4. The minimum Gasteiger partial charge on any atom is -0.544 e. The number of hydrogen-bond acceptors (Lipinski definition) is 40. The Morgan fingerprint density at radius 1 is 0.500 bits per heavy atom. The zero-order valence-corrected chi connectivity index (χ0v) is 51.4. The van der Waals surface area contributed by atoms with Crippen molar-refractivity contribution in [1.29, 1.82) is 0 Å². The molecule has 0 aromatic rings. The fourth-order valence-corrected chi connectivity index (χ4v) is 12.0. The Morgan fingerprint density at radius 2 is 0.927 bits per heavy atom. The molecule has 0 radical (unpaired) electrons. The van der Waals surface area contributed by atoms with Crippen LogP contribution in [0.4, 0.5) is 0 Å². The van der Waals surface area contributed by atoms with Crippen molar-refractivity contribution in [2.24, 2.45) is 0 Å². The van der Waals surface area contributed by atoms with Crippen LogP contribution in [0.5, 0.6) is 0 Å². The van der Waals surface area contributed by atoms with E-state index >= 15 is 0 Å². The molecule has 37 atom stereocenters. The molecule has 3 amide bonds. The summed E-state index contributed by atoms with van der Waals surface area (Å²) in [7, 11) is 0. The van der Waals surface area contributed by atoms with Crippen LogP contribution in [0.15, 0.2) is 0 Å². The van der Waals surface area contributed by atoms with Gasteiger partial charge in [0.25, 0.3) is 0 Å². The average molecular weight is 1410 g/mol. The van der Waals surface area contributed by atoms with E-state index in [1.54, 1.807) is 0 Å². The highest BCUT2D eigenvalue weighted by molar-refractivity contribution is 5.75. The second-order valence-electron chi connectivity index (χ2n) is 23.9. The molecule has 0 saturated carbocycles. The van der Waals surface area contributed by atoms with Gasteiger partial charge in [0.2, 0.25) is 24.0 Å². The van der Waals surface area contributed by atoms with Crippen molar-refractivity contribution in [1.82, 2.24) is 16.0 Å². The monoisotopic (exact) mass is 1410 g/mol. The third kappa shape index (κ3) is 17.5. The van der Waals surface area contributed by atoms with Gasteiger partial charge in [-0.25, -0.2) is 0 Å². The minimum absolute atomic E-state index is 0.251. The largest absolute Gasteiger partial charge is 0.544 e. The Labute approximate surface area is 543 Å². The number of aliphatic carboxylic acids is 1. The number of aliphatic hydroxyl groups excluding tert-OH is 21. The number of hydrogen-bond donors (Lipinski definition) is 24. The SMILES string of the molecule is CC(=O)N[C@H]1[C@H](O[C@H]2[C@@H](O)[C@@H](CO)O[C@H](O[C@H]3[C@@H](O)[C@@H](CO)O[C@@H](O[C@H]4[C@H](O)[C@@H](O)[C@H](OC[C@@H](CO)NC=O)O[C@@H]4CO)[C@@H]3O)[C@@H]2O)O[C@H](CO)[C@@H](O[C@@H]2O[C@H](CO)[C@H](O)[C@H](O[C@]3(C(=O)[O-])C[C@H](O)[C@@H](NC(C)=O)[C@H]([C@H](O)[C@H](O)CO)O3)[C@H]2O)[C@@H]1O[C@@H]1O[C@@H](C)[C@@H](O)[C@@H](O)[C@@H]1O. The van der Waals surface area contributed by atoms with E-state index in [0.29, 0.717) is 0 Å². The van der Waals surface area contributed by atoms with Crippen molar-refractivity contribution >= 4 is 24.2 Å². The molecule has 43 nitrogen and oxygen atoms in total. The molecule has 0 spiro atoms. The molecule has 7 rings (SSSR count). The van der Waals surface area contributed by atoms with E-state index in [1.165, 1.54) is 6.92 Å². The first-order valence-electron chi connectivity index (χ1n) is 30.3. The summed E-state index contributed by atoms with van der Waals surface area (Å²) in [5.41, 5.74) is 0. The van der Waals surface area contributed by atoms with E-state index in [4.69, 9.17) is 66.3 Å². The first kappa shape index (κ1) is 79.8. The number of carboxylic acid groups (broad SMARTS) is 1. The fourth-order valence-electron chi connectivity index (χ4n) is 12.0. The van der Waals surface area contributed by atoms with Crippen molar-refractivity contribution in [3.8, 4) is 0 Å². The van der Waals surface area contributed by atoms with E-state index in [1.807, 2.05) is 0 Å². The number of rotatable bonds is 29. The van der Waals surface area contributed by atoms with Crippen molar-refractivity contribution in [2.45, 2.75) is 254 Å². The molecule has 24 N–H and O–H groups in total. The Kier molecular flexibility index (Phi) is 29.0. The number of aliphatic hydroxyl groups is 21. The third-order valence-electron chi connectivity index (χ3n) is 17.2. The molecule has 7 saturated heterocycles. The van der Waals surface area contributed by atoms with Gasteiger partial charge in [-0.05, 0) is 6.92 Å². The lowest BCUT2D eigenvalue weighted by Crippen LogP contribution is -2.73. The number of carboxylic acids is 1. The van der Waals surface area contributed by atoms with Crippen LogP contribution in [0, 0.1) is 0 Å². The first-order valence-corrected chi connectivity index (χ1v) is 30.3. The summed E-state index contributed by atoms with van der Waals surface area (Å²) in [4.78, 5) is 49.6. The van der Waals surface area contributed by atoms with E-state index in [0.717, 1.165) is 13.8 Å². The fraction of sp³-hybridized carbons (Fsp3) is 0.925. The van der Waals surface area contributed by atoms with Crippen LogP contribution >= 0.6 is 0 Å². The van der Waals surface area contributed by atoms with Crippen LogP contribution < -0.4 is 21.1 Å². The Bertz CT molecular complexity index is 2460. The van der Waals surface area contributed by atoms with E-state index < -0.39 is 304 Å². The van der Waals surface area contributed by atoms with Crippen LogP contribution in [0.25, 0.3) is 0 Å². The van der Waals surface area contributed by atoms with Gasteiger partial charge in [0.1, 0.15) is 165 Å². The maximum Gasteiger partial charge on any atom is 0.217 e. The third-order valence-corrected chi connectivity index (χ3v) is 17.2. The van der Waals surface area contributed by atoms with Crippen LogP contribution in [-0.4, -0.2) is 411 Å². The zero-order chi connectivity index (χ0) is 71.1. The lowest BCUT2D eigenvalue weighted by atomic mass is 9.88. The van der Waals surface area contributed by atoms with Crippen LogP contribution in [0.2, 0.25) is 0 Å². The predicted octanol–water partition coefficient (Wildman–Crippen LogP) is -18.0. The molecule has 0 unspecified atom stereocenters. The van der Waals surface area contributed by atoms with E-state index in [2.05, 4.69) is 16.0 Å². The minimum atomic E-state index is -3.41. The van der Waals surface area contributed by atoms with Gasteiger partial charge >= 0.3 is 0 Å². The molecule has 7 aliphatic heterocycles. The van der Waals surface area contributed by atoms with Crippen molar-refractivity contribution in [2.75, 3.05) is 52.9 Å². The summed E-state index contributed by atoms with van der Waals surface area (Å²) in [5, 5.41) is 250. The summed E-state index contributed by atoms with van der Waals surface area (Å²) in [6, 6.07) is -4.82. The first-order chi connectivity index (χ1) is 45.4. The number of ether oxygens (including phenoxy) is 14. The predicted molar refractivity (Wildman–Crippen MR) is 292 cm³/mol. The zero-order valence-electron chi connectivity index (χ0n) is 51.4. The normalized spacial score (nSPS) is 46.4. The second kappa shape index (κ2) is 34.9. The molecule has 0 aromatic carbocycles. The molecular weight excluding hydrogens is 1320 g/mol. The van der Waals surface area contributed by atoms with Crippen molar-refractivity contribution in [3.05, 3.63) is 0 Å². The smallest absolute Gasteiger partial charge is 0.217 e. The molecule has 7 heterocycles. The molecule has 7 aliphatic rings. The van der Waals surface area contributed by atoms with Gasteiger partial charge in [0.05, 0.1) is 77.1 Å². The summed E-state index contributed by atoms with van der Waals surface area (Å²) >= 11 is 0.